The van der Waals surface area contributed by atoms with Crippen LogP contribution in [-0.4, -0.2) is 37.0 Å². The van der Waals surface area contributed by atoms with E-state index in [9.17, 15) is 4.79 Å². The number of rotatable bonds is 6. The average molecular weight is 212 g/mol. The van der Waals surface area contributed by atoms with E-state index in [4.69, 9.17) is 0 Å². The molecule has 1 fully saturated rings. The van der Waals surface area contributed by atoms with Gasteiger partial charge in [0.1, 0.15) is 0 Å². The Balaban J connectivity index is 2.39. The molecule has 1 N–H and O–H groups in total. The first-order valence-corrected chi connectivity index (χ1v) is 6.16. The monoisotopic (exact) mass is 212 g/mol. The van der Waals surface area contributed by atoms with Gasteiger partial charge in [0.15, 0.2) is 0 Å². The average Bonchev–Trinajstić information content (AvgIpc) is 2.56. The fourth-order valence-corrected chi connectivity index (χ4v) is 2.32. The molecule has 88 valence electrons. The van der Waals surface area contributed by atoms with Gasteiger partial charge >= 0.3 is 0 Å². The van der Waals surface area contributed by atoms with Gasteiger partial charge in [0.05, 0.1) is 0 Å². The largest absolute Gasteiger partial charge is 0.341 e. The van der Waals surface area contributed by atoms with Gasteiger partial charge in [-0.2, -0.15) is 0 Å². The summed E-state index contributed by atoms with van der Waals surface area (Å²) in [7, 11) is 1.97. The molecule has 1 aliphatic heterocycles. The zero-order chi connectivity index (χ0) is 11.3. The molecular weight excluding hydrogens is 188 g/mol. The molecule has 1 amide bonds. The van der Waals surface area contributed by atoms with Crippen molar-refractivity contribution in [3.8, 4) is 0 Å². The molecule has 0 aliphatic carbocycles. The molecule has 1 rings (SSSR count). The molecule has 2 unspecified atom stereocenters. The van der Waals surface area contributed by atoms with Gasteiger partial charge in [0.2, 0.25) is 5.91 Å². The van der Waals surface area contributed by atoms with E-state index in [1.807, 2.05) is 11.9 Å². The highest BCUT2D eigenvalue weighted by molar-refractivity contribution is 5.78. The van der Waals surface area contributed by atoms with Gasteiger partial charge in [0.25, 0.3) is 0 Å². The summed E-state index contributed by atoms with van der Waals surface area (Å²) in [6.07, 6.45) is 4.24. The van der Waals surface area contributed by atoms with Crippen molar-refractivity contribution in [3.05, 3.63) is 0 Å². The van der Waals surface area contributed by atoms with E-state index >= 15 is 0 Å². The van der Waals surface area contributed by atoms with Crippen LogP contribution in [0.25, 0.3) is 0 Å². The molecule has 0 bridgehead atoms. The molecular formula is C12H24N2O. The molecule has 0 saturated carbocycles. The molecule has 1 saturated heterocycles. The minimum Gasteiger partial charge on any atom is -0.341 e. The standard InChI is InChI=1S/C12H24N2O/c1-4-6-10-7-12(15)14(8-10)9-11(5-2)13-3/h10-11,13H,4-9H2,1-3H3. The number of likely N-dealkylation sites (tertiary alicyclic amines) is 1. The Morgan fingerprint density at radius 2 is 2.27 bits per heavy atom. The van der Waals surface area contributed by atoms with Crippen molar-refractivity contribution in [2.24, 2.45) is 5.92 Å². The van der Waals surface area contributed by atoms with Gasteiger partial charge in [-0.25, -0.2) is 0 Å². The van der Waals surface area contributed by atoms with E-state index in [1.165, 1.54) is 12.8 Å². The minimum atomic E-state index is 0.349. The summed E-state index contributed by atoms with van der Waals surface area (Å²) in [5.74, 6) is 0.957. The van der Waals surface area contributed by atoms with E-state index in [1.54, 1.807) is 0 Å². The topological polar surface area (TPSA) is 32.3 Å². The quantitative estimate of drug-likeness (QED) is 0.726. The van der Waals surface area contributed by atoms with Crippen LogP contribution in [0.3, 0.4) is 0 Å². The summed E-state index contributed by atoms with van der Waals surface area (Å²) < 4.78 is 0. The lowest BCUT2D eigenvalue weighted by molar-refractivity contribution is -0.128. The van der Waals surface area contributed by atoms with E-state index in [0.29, 0.717) is 17.9 Å². The molecule has 0 spiro atoms. The van der Waals surface area contributed by atoms with E-state index in [2.05, 4.69) is 19.2 Å². The van der Waals surface area contributed by atoms with Crippen LogP contribution < -0.4 is 5.32 Å². The normalized spacial score (nSPS) is 23.5. The third-order valence-corrected chi connectivity index (χ3v) is 3.33. The second-order valence-electron chi connectivity index (χ2n) is 4.55. The zero-order valence-corrected chi connectivity index (χ0v) is 10.3. The minimum absolute atomic E-state index is 0.349. The van der Waals surface area contributed by atoms with E-state index in [-0.39, 0.29) is 0 Å². The third-order valence-electron chi connectivity index (χ3n) is 3.33. The van der Waals surface area contributed by atoms with Gasteiger partial charge in [-0.15, -0.1) is 0 Å². The van der Waals surface area contributed by atoms with Crippen LogP contribution in [0.15, 0.2) is 0 Å². The summed E-state index contributed by atoms with van der Waals surface area (Å²) in [4.78, 5) is 13.8. The van der Waals surface area contributed by atoms with Crippen LogP contribution in [0.5, 0.6) is 0 Å². The van der Waals surface area contributed by atoms with Crippen LogP contribution in [0, 0.1) is 5.92 Å². The Kier molecular flexibility index (Phi) is 5.09. The van der Waals surface area contributed by atoms with Crippen molar-refractivity contribution in [1.29, 1.82) is 0 Å². The van der Waals surface area contributed by atoms with Crippen LogP contribution in [0.1, 0.15) is 39.5 Å². The van der Waals surface area contributed by atoms with Crippen molar-refractivity contribution >= 4 is 5.91 Å². The summed E-state index contributed by atoms with van der Waals surface area (Å²) in [6, 6.07) is 0.453. The fraction of sp³-hybridized carbons (Fsp3) is 0.917. The number of hydrogen-bond acceptors (Lipinski definition) is 2. The highest BCUT2D eigenvalue weighted by Gasteiger charge is 2.29. The van der Waals surface area contributed by atoms with Crippen molar-refractivity contribution in [3.63, 3.8) is 0 Å². The van der Waals surface area contributed by atoms with Crippen LogP contribution >= 0.6 is 0 Å². The maximum atomic E-state index is 11.7. The molecule has 0 aromatic carbocycles. The Labute approximate surface area is 93.2 Å². The van der Waals surface area contributed by atoms with Gasteiger partial charge in [-0.05, 0) is 25.8 Å². The maximum Gasteiger partial charge on any atom is 0.222 e. The van der Waals surface area contributed by atoms with Crippen LogP contribution in [-0.2, 0) is 4.79 Å². The number of carbonyl (C=O) groups is 1. The molecule has 3 nitrogen and oxygen atoms in total. The highest BCUT2D eigenvalue weighted by atomic mass is 16.2. The lowest BCUT2D eigenvalue weighted by atomic mass is 10.0. The Morgan fingerprint density at radius 1 is 1.53 bits per heavy atom. The van der Waals surface area contributed by atoms with E-state index < -0.39 is 0 Å². The SMILES string of the molecule is CCCC1CC(=O)N(CC(CC)NC)C1. The first kappa shape index (κ1) is 12.5. The van der Waals surface area contributed by atoms with Crippen molar-refractivity contribution in [2.75, 3.05) is 20.1 Å². The predicted octanol–water partition coefficient (Wildman–Crippen LogP) is 1.63. The number of likely N-dealkylation sites (N-methyl/N-ethyl adjacent to an activating group) is 1. The number of nitrogens with one attached hydrogen (secondary N) is 1. The van der Waals surface area contributed by atoms with Crippen LogP contribution in [0.4, 0.5) is 0 Å². The second kappa shape index (κ2) is 6.11. The molecule has 2 atom stereocenters. The summed E-state index contributed by atoms with van der Waals surface area (Å²) in [6.45, 7) is 6.21. The summed E-state index contributed by atoms with van der Waals surface area (Å²) >= 11 is 0. The Hall–Kier alpha value is -0.570. The van der Waals surface area contributed by atoms with Gasteiger partial charge in [-0.3, -0.25) is 4.79 Å². The number of hydrogen-bond donors (Lipinski definition) is 1. The molecule has 15 heavy (non-hydrogen) atoms. The molecule has 3 heteroatoms. The summed E-state index contributed by atoms with van der Waals surface area (Å²) in [5, 5.41) is 3.25. The number of nitrogens with zero attached hydrogens (tertiary/aromatic N) is 1. The number of amides is 1. The lowest BCUT2D eigenvalue weighted by Gasteiger charge is -2.22. The first-order valence-electron chi connectivity index (χ1n) is 6.16. The van der Waals surface area contributed by atoms with Gasteiger partial charge in [0, 0.05) is 25.6 Å². The fourth-order valence-electron chi connectivity index (χ4n) is 2.32. The zero-order valence-electron chi connectivity index (χ0n) is 10.3. The molecule has 1 heterocycles. The highest BCUT2D eigenvalue weighted by Crippen LogP contribution is 2.22. The van der Waals surface area contributed by atoms with Crippen molar-refractivity contribution < 1.29 is 4.79 Å². The van der Waals surface area contributed by atoms with E-state index in [0.717, 1.165) is 25.9 Å². The van der Waals surface area contributed by atoms with Crippen LogP contribution in [0.2, 0.25) is 0 Å². The molecule has 0 aromatic heterocycles. The number of carbonyl (C=O) groups excluding carboxylic acids is 1. The maximum absolute atomic E-state index is 11.7. The Morgan fingerprint density at radius 3 is 2.80 bits per heavy atom. The van der Waals surface area contributed by atoms with Gasteiger partial charge < -0.3 is 10.2 Å². The van der Waals surface area contributed by atoms with Crippen molar-refractivity contribution in [1.82, 2.24) is 10.2 Å². The first-order chi connectivity index (χ1) is 7.21. The molecule has 1 aliphatic rings. The van der Waals surface area contributed by atoms with Crippen molar-refractivity contribution in [2.45, 2.75) is 45.6 Å². The predicted molar refractivity (Wildman–Crippen MR) is 62.7 cm³/mol. The van der Waals surface area contributed by atoms with Gasteiger partial charge in [-0.1, -0.05) is 20.3 Å². The third kappa shape index (κ3) is 3.49. The molecule has 0 radical (unpaired) electrons. The second-order valence-corrected chi connectivity index (χ2v) is 4.55. The lowest BCUT2D eigenvalue weighted by Crippen LogP contribution is -2.39. The smallest absolute Gasteiger partial charge is 0.222 e. The Bertz CT molecular complexity index is 202. The molecule has 0 aromatic rings. The summed E-state index contributed by atoms with van der Waals surface area (Å²) in [5.41, 5.74) is 0.